The molecule has 1 heterocycles. The number of aromatic nitrogens is 1. The van der Waals surface area contributed by atoms with Gasteiger partial charge in [0.25, 0.3) is 0 Å². The highest BCUT2D eigenvalue weighted by Crippen LogP contribution is 2.40. The summed E-state index contributed by atoms with van der Waals surface area (Å²) in [5.74, 6) is 0. The van der Waals surface area contributed by atoms with E-state index >= 15 is 0 Å². The van der Waals surface area contributed by atoms with Gasteiger partial charge in [0.1, 0.15) is 6.10 Å². The monoisotopic (exact) mass is 409 g/mol. The van der Waals surface area contributed by atoms with E-state index in [0.29, 0.717) is 11.1 Å². The topological polar surface area (TPSA) is 31.4 Å². The standard InChI is InChI=1S/C14H18BrClNO2PS/c1-7-5-8-12(21-13(16)17-8)11(15)10(7)9(6-18-20)19-14(2,3)4/h5,9H,6,20H2,1-4H3/t9-/m1/s1. The lowest BCUT2D eigenvalue weighted by Crippen LogP contribution is -2.25. The Morgan fingerprint density at radius 2 is 2.14 bits per heavy atom. The first-order chi connectivity index (χ1) is 9.73. The van der Waals surface area contributed by atoms with Crippen LogP contribution in [0.1, 0.15) is 38.0 Å². The Kier molecular flexibility index (Phi) is 5.67. The van der Waals surface area contributed by atoms with Gasteiger partial charge in [0.15, 0.2) is 4.47 Å². The molecule has 0 saturated heterocycles. The highest BCUT2D eigenvalue weighted by molar-refractivity contribution is 9.10. The molecular weight excluding hydrogens is 393 g/mol. The molecule has 0 spiro atoms. The van der Waals surface area contributed by atoms with Gasteiger partial charge in [0.05, 0.1) is 22.4 Å². The van der Waals surface area contributed by atoms with E-state index in [4.69, 9.17) is 20.9 Å². The van der Waals surface area contributed by atoms with Crippen molar-refractivity contribution in [2.75, 3.05) is 6.61 Å². The fraction of sp³-hybridized carbons (Fsp3) is 0.500. The molecule has 1 unspecified atom stereocenters. The lowest BCUT2D eigenvalue weighted by atomic mass is 10.0. The van der Waals surface area contributed by atoms with E-state index in [1.54, 1.807) is 0 Å². The van der Waals surface area contributed by atoms with Crippen molar-refractivity contribution in [3.63, 3.8) is 0 Å². The molecule has 0 N–H and O–H groups in total. The molecule has 1 aromatic heterocycles. The summed E-state index contributed by atoms with van der Waals surface area (Å²) in [4.78, 5) is 4.33. The van der Waals surface area contributed by atoms with Crippen LogP contribution in [0, 0.1) is 6.92 Å². The molecule has 2 atom stereocenters. The number of hydrogen-bond donors (Lipinski definition) is 0. The van der Waals surface area contributed by atoms with Crippen molar-refractivity contribution < 1.29 is 9.26 Å². The maximum Gasteiger partial charge on any atom is 0.184 e. The molecular formula is C14H18BrClNO2PS. The zero-order chi connectivity index (χ0) is 15.8. The number of benzene rings is 1. The van der Waals surface area contributed by atoms with E-state index in [1.807, 2.05) is 26.8 Å². The number of halogens is 2. The van der Waals surface area contributed by atoms with Gasteiger partial charge >= 0.3 is 0 Å². The van der Waals surface area contributed by atoms with Crippen LogP contribution in [-0.4, -0.2) is 17.2 Å². The van der Waals surface area contributed by atoms with Crippen LogP contribution in [0.3, 0.4) is 0 Å². The number of aryl methyl sites for hydroxylation is 1. The molecule has 2 aromatic rings. The predicted molar refractivity (Wildman–Crippen MR) is 96.3 cm³/mol. The Labute approximate surface area is 144 Å². The Bertz CT molecular complexity index is 656. The average molecular weight is 411 g/mol. The number of nitrogens with zero attached hydrogens (tertiary/aromatic N) is 1. The normalized spacial score (nSPS) is 13.9. The molecule has 0 aliphatic rings. The molecule has 0 aliphatic carbocycles. The number of hydrogen-bond acceptors (Lipinski definition) is 4. The van der Waals surface area contributed by atoms with Crippen molar-refractivity contribution in [3.8, 4) is 0 Å². The molecule has 116 valence electrons. The summed E-state index contributed by atoms with van der Waals surface area (Å²) in [6.07, 6.45) is -0.165. The summed E-state index contributed by atoms with van der Waals surface area (Å²) in [6, 6.07) is 2.04. The molecule has 0 radical (unpaired) electrons. The second kappa shape index (κ2) is 6.77. The van der Waals surface area contributed by atoms with Crippen LogP contribution < -0.4 is 0 Å². The fourth-order valence-corrected chi connectivity index (χ4v) is 4.46. The van der Waals surface area contributed by atoms with Gasteiger partial charge in [-0.05, 0) is 55.3 Å². The molecule has 3 nitrogen and oxygen atoms in total. The van der Waals surface area contributed by atoms with Crippen molar-refractivity contribution in [1.82, 2.24) is 4.98 Å². The van der Waals surface area contributed by atoms with Gasteiger partial charge in [0.2, 0.25) is 0 Å². The first kappa shape index (κ1) is 17.6. The SMILES string of the molecule is Cc1cc2nc(Cl)sc2c(Br)c1[C@@H](COP)OC(C)(C)C. The first-order valence-electron chi connectivity index (χ1n) is 6.47. The molecule has 2 rings (SSSR count). The smallest absolute Gasteiger partial charge is 0.184 e. The van der Waals surface area contributed by atoms with Gasteiger partial charge in [-0.2, -0.15) is 0 Å². The van der Waals surface area contributed by atoms with Crippen LogP contribution >= 0.6 is 48.3 Å². The number of rotatable bonds is 4. The molecule has 7 heteroatoms. The van der Waals surface area contributed by atoms with Crippen molar-refractivity contribution in [2.24, 2.45) is 0 Å². The first-order valence-corrected chi connectivity index (χ1v) is 8.93. The summed E-state index contributed by atoms with van der Waals surface area (Å²) in [5.41, 5.74) is 2.83. The number of thiazole rings is 1. The molecule has 0 fully saturated rings. The second-order valence-corrected chi connectivity index (χ2v) is 8.50. The van der Waals surface area contributed by atoms with Crippen molar-refractivity contribution in [2.45, 2.75) is 39.4 Å². The van der Waals surface area contributed by atoms with Crippen LogP contribution in [0.2, 0.25) is 4.47 Å². The highest BCUT2D eigenvalue weighted by atomic mass is 79.9. The number of fused-ring (bicyclic) bond motifs is 1. The van der Waals surface area contributed by atoms with Gasteiger partial charge < -0.3 is 9.26 Å². The average Bonchev–Trinajstić information content (AvgIpc) is 2.68. The van der Waals surface area contributed by atoms with Gasteiger partial charge in [-0.25, -0.2) is 4.98 Å². The lowest BCUT2D eigenvalue weighted by molar-refractivity contribution is -0.0766. The maximum absolute atomic E-state index is 6.16. The second-order valence-electron chi connectivity index (χ2n) is 5.79. The third-order valence-electron chi connectivity index (χ3n) is 2.91. The minimum atomic E-state index is -0.264. The third kappa shape index (κ3) is 4.15. The number of ether oxygens (including phenoxy) is 1. The van der Waals surface area contributed by atoms with E-state index < -0.39 is 0 Å². The molecule has 1 aromatic carbocycles. The minimum Gasteiger partial charge on any atom is -0.365 e. The van der Waals surface area contributed by atoms with E-state index in [9.17, 15) is 0 Å². The quantitative estimate of drug-likeness (QED) is 0.607. The third-order valence-corrected chi connectivity index (χ3v) is 5.38. The molecule has 21 heavy (non-hydrogen) atoms. The van der Waals surface area contributed by atoms with Crippen molar-refractivity contribution in [1.29, 1.82) is 0 Å². The van der Waals surface area contributed by atoms with Gasteiger partial charge in [-0.15, -0.1) is 11.3 Å². The van der Waals surface area contributed by atoms with Crippen LogP contribution in [0.4, 0.5) is 0 Å². The minimum absolute atomic E-state index is 0.165. The van der Waals surface area contributed by atoms with Crippen molar-refractivity contribution >= 4 is 58.6 Å². The van der Waals surface area contributed by atoms with Gasteiger partial charge in [-0.1, -0.05) is 11.6 Å². The van der Waals surface area contributed by atoms with E-state index in [2.05, 4.69) is 37.3 Å². The van der Waals surface area contributed by atoms with Crippen LogP contribution in [0.5, 0.6) is 0 Å². The zero-order valence-corrected chi connectivity index (χ0v) is 16.7. The fourth-order valence-electron chi connectivity index (χ4n) is 2.22. The summed E-state index contributed by atoms with van der Waals surface area (Å²) >= 11 is 11.2. The van der Waals surface area contributed by atoms with Crippen LogP contribution in [-0.2, 0) is 9.26 Å². The van der Waals surface area contributed by atoms with Crippen LogP contribution in [0.15, 0.2) is 10.5 Å². The summed E-state index contributed by atoms with van der Waals surface area (Å²) in [7, 11) is 2.28. The largest absolute Gasteiger partial charge is 0.365 e. The van der Waals surface area contributed by atoms with Crippen molar-refractivity contribution in [3.05, 3.63) is 26.1 Å². The Balaban J connectivity index is 2.55. The van der Waals surface area contributed by atoms with E-state index in [0.717, 1.165) is 25.8 Å². The lowest BCUT2D eigenvalue weighted by Gasteiger charge is -2.29. The zero-order valence-electron chi connectivity index (χ0n) is 12.4. The van der Waals surface area contributed by atoms with Gasteiger partial charge in [-0.3, -0.25) is 0 Å². The maximum atomic E-state index is 6.16. The van der Waals surface area contributed by atoms with Gasteiger partial charge in [0, 0.05) is 19.5 Å². The molecule has 0 aliphatic heterocycles. The molecule has 0 amide bonds. The van der Waals surface area contributed by atoms with Crippen LogP contribution in [0.25, 0.3) is 10.2 Å². The predicted octanol–water partition coefficient (Wildman–Crippen LogP) is 5.68. The Morgan fingerprint density at radius 1 is 1.48 bits per heavy atom. The molecule has 0 bridgehead atoms. The van der Waals surface area contributed by atoms with E-state index in [1.165, 1.54) is 11.3 Å². The summed E-state index contributed by atoms with van der Waals surface area (Å²) in [6.45, 7) is 8.62. The molecule has 0 saturated carbocycles. The Morgan fingerprint density at radius 3 is 2.71 bits per heavy atom. The van der Waals surface area contributed by atoms with E-state index in [-0.39, 0.29) is 11.7 Å². The Hall–Kier alpha value is 0.230. The summed E-state index contributed by atoms with van der Waals surface area (Å²) in [5, 5.41) is 0. The summed E-state index contributed by atoms with van der Waals surface area (Å²) < 4.78 is 14.0. The highest BCUT2D eigenvalue weighted by Gasteiger charge is 2.25.